The normalized spacial score (nSPS) is 17.1. The van der Waals surface area contributed by atoms with Gasteiger partial charge in [0.25, 0.3) is 0 Å². The van der Waals surface area contributed by atoms with Crippen molar-refractivity contribution in [3.05, 3.63) is 0 Å². The zero-order valence-electron chi connectivity index (χ0n) is 9.89. The Labute approximate surface area is 82.6 Å². The van der Waals surface area contributed by atoms with E-state index in [2.05, 4.69) is 41.5 Å². The highest BCUT2D eigenvalue weighted by Gasteiger charge is 2.19. The molecule has 0 saturated heterocycles. The number of hydrogen-bond acceptors (Lipinski definition) is 2. The Kier molecular flexibility index (Phi) is 5.57. The van der Waals surface area contributed by atoms with Crippen LogP contribution in [0.15, 0.2) is 0 Å². The fourth-order valence-electron chi connectivity index (χ4n) is 0.957. The Hall–Kier alpha value is -0.0800. The summed E-state index contributed by atoms with van der Waals surface area (Å²) in [6.45, 7) is 12.4. The second-order valence-electron chi connectivity index (χ2n) is 4.42. The van der Waals surface area contributed by atoms with Crippen LogP contribution in [-0.4, -0.2) is 18.0 Å². The maximum atomic E-state index is 5.74. The van der Waals surface area contributed by atoms with Gasteiger partial charge in [-0.3, -0.25) is 0 Å². The molecule has 2 nitrogen and oxygen atoms in total. The predicted molar refractivity (Wildman–Crippen MR) is 55.8 cm³/mol. The highest BCUT2D eigenvalue weighted by atomic mass is 16.7. The summed E-state index contributed by atoms with van der Waals surface area (Å²) in [6, 6.07) is 0. The first-order valence-electron chi connectivity index (χ1n) is 5.22. The van der Waals surface area contributed by atoms with Crippen molar-refractivity contribution in [3.63, 3.8) is 0 Å². The van der Waals surface area contributed by atoms with Crippen LogP contribution in [0.25, 0.3) is 0 Å². The van der Waals surface area contributed by atoms with Gasteiger partial charge in [-0.05, 0) is 40.5 Å². The number of ether oxygens (including phenoxy) is 2. The summed E-state index contributed by atoms with van der Waals surface area (Å²) < 4.78 is 11.4. The van der Waals surface area contributed by atoms with Crippen LogP contribution in [0.5, 0.6) is 0 Å². The third-order valence-electron chi connectivity index (χ3n) is 1.78. The fraction of sp³-hybridized carbons (Fsp3) is 1.00. The molecule has 2 atom stereocenters. The molecule has 0 heterocycles. The Balaban J connectivity index is 3.89. The first-order chi connectivity index (χ1) is 5.89. The molecule has 0 rings (SSSR count). The molecule has 0 aliphatic heterocycles. The fourth-order valence-corrected chi connectivity index (χ4v) is 0.957. The van der Waals surface area contributed by atoms with Gasteiger partial charge in [0.15, 0.2) is 6.29 Å². The van der Waals surface area contributed by atoms with Gasteiger partial charge >= 0.3 is 0 Å². The Morgan fingerprint density at radius 1 is 1.08 bits per heavy atom. The molecule has 0 N–H and O–H groups in total. The zero-order chi connectivity index (χ0) is 10.5. The second-order valence-corrected chi connectivity index (χ2v) is 4.42. The molecule has 0 amide bonds. The van der Waals surface area contributed by atoms with Crippen LogP contribution in [0.3, 0.4) is 0 Å². The van der Waals surface area contributed by atoms with Crippen LogP contribution in [0.2, 0.25) is 0 Å². The SMILES string of the molecule is CCC(C)OC(CC)OC(C)(C)C. The van der Waals surface area contributed by atoms with Gasteiger partial charge in [-0.15, -0.1) is 0 Å². The summed E-state index contributed by atoms with van der Waals surface area (Å²) in [4.78, 5) is 0. The van der Waals surface area contributed by atoms with Gasteiger partial charge < -0.3 is 9.47 Å². The van der Waals surface area contributed by atoms with E-state index in [-0.39, 0.29) is 18.0 Å². The van der Waals surface area contributed by atoms with E-state index in [9.17, 15) is 0 Å². The van der Waals surface area contributed by atoms with E-state index in [4.69, 9.17) is 9.47 Å². The molecule has 13 heavy (non-hydrogen) atoms. The lowest BCUT2D eigenvalue weighted by molar-refractivity contribution is -0.213. The van der Waals surface area contributed by atoms with Crippen LogP contribution < -0.4 is 0 Å². The van der Waals surface area contributed by atoms with Gasteiger partial charge in [-0.1, -0.05) is 13.8 Å². The van der Waals surface area contributed by atoms with Gasteiger partial charge in [0.05, 0.1) is 11.7 Å². The molecule has 0 spiro atoms. The summed E-state index contributed by atoms with van der Waals surface area (Å²) in [5.74, 6) is 0. The summed E-state index contributed by atoms with van der Waals surface area (Å²) >= 11 is 0. The van der Waals surface area contributed by atoms with Crippen molar-refractivity contribution in [2.75, 3.05) is 0 Å². The standard InChI is InChI=1S/C11H24O2/c1-7-9(3)12-10(8-2)13-11(4,5)6/h9-10H,7-8H2,1-6H3. The molecule has 0 aliphatic rings. The van der Waals surface area contributed by atoms with Gasteiger partial charge in [-0.25, -0.2) is 0 Å². The van der Waals surface area contributed by atoms with Crippen LogP contribution in [0.1, 0.15) is 54.4 Å². The molecular formula is C11H24O2. The minimum atomic E-state index is -0.117. The molecule has 0 fully saturated rings. The van der Waals surface area contributed by atoms with E-state index in [1.807, 2.05) is 0 Å². The van der Waals surface area contributed by atoms with E-state index in [1.165, 1.54) is 0 Å². The van der Waals surface area contributed by atoms with E-state index >= 15 is 0 Å². The predicted octanol–water partition coefficient (Wildman–Crippen LogP) is 3.35. The quantitative estimate of drug-likeness (QED) is 0.616. The van der Waals surface area contributed by atoms with E-state index in [0.29, 0.717) is 0 Å². The monoisotopic (exact) mass is 188 g/mol. The molecule has 2 heteroatoms. The van der Waals surface area contributed by atoms with Gasteiger partial charge in [0.2, 0.25) is 0 Å². The lowest BCUT2D eigenvalue weighted by Gasteiger charge is -2.28. The summed E-state index contributed by atoms with van der Waals surface area (Å²) in [5.41, 5.74) is -0.117. The van der Waals surface area contributed by atoms with Crippen molar-refractivity contribution >= 4 is 0 Å². The molecule has 0 bridgehead atoms. The molecule has 0 aliphatic carbocycles. The highest BCUT2D eigenvalue weighted by molar-refractivity contribution is 4.61. The van der Waals surface area contributed by atoms with Crippen molar-refractivity contribution in [1.29, 1.82) is 0 Å². The highest BCUT2D eigenvalue weighted by Crippen LogP contribution is 2.15. The smallest absolute Gasteiger partial charge is 0.158 e. The van der Waals surface area contributed by atoms with E-state index in [1.54, 1.807) is 0 Å². The van der Waals surface area contributed by atoms with Gasteiger partial charge in [-0.2, -0.15) is 0 Å². The molecular weight excluding hydrogens is 164 g/mol. The van der Waals surface area contributed by atoms with Crippen molar-refractivity contribution in [3.8, 4) is 0 Å². The summed E-state index contributed by atoms with van der Waals surface area (Å²) in [6.07, 6.45) is 2.16. The maximum Gasteiger partial charge on any atom is 0.158 e. The maximum absolute atomic E-state index is 5.74. The van der Waals surface area contributed by atoms with Crippen molar-refractivity contribution in [1.82, 2.24) is 0 Å². The molecule has 80 valence electrons. The lowest BCUT2D eigenvalue weighted by Crippen LogP contribution is -2.31. The molecule has 0 radical (unpaired) electrons. The first kappa shape index (κ1) is 12.9. The Morgan fingerprint density at radius 3 is 1.92 bits per heavy atom. The number of rotatable bonds is 5. The van der Waals surface area contributed by atoms with Crippen molar-refractivity contribution in [2.45, 2.75) is 72.4 Å². The molecule has 0 aromatic rings. The molecule has 0 saturated carbocycles. The van der Waals surface area contributed by atoms with Crippen molar-refractivity contribution < 1.29 is 9.47 Å². The van der Waals surface area contributed by atoms with Crippen LogP contribution in [0.4, 0.5) is 0 Å². The van der Waals surface area contributed by atoms with E-state index < -0.39 is 0 Å². The van der Waals surface area contributed by atoms with Crippen LogP contribution in [-0.2, 0) is 9.47 Å². The summed E-state index contributed by atoms with van der Waals surface area (Å²) in [7, 11) is 0. The third-order valence-corrected chi connectivity index (χ3v) is 1.78. The zero-order valence-corrected chi connectivity index (χ0v) is 9.89. The second kappa shape index (κ2) is 5.61. The Morgan fingerprint density at radius 2 is 1.62 bits per heavy atom. The van der Waals surface area contributed by atoms with Crippen molar-refractivity contribution in [2.24, 2.45) is 0 Å². The number of hydrogen-bond donors (Lipinski definition) is 0. The molecule has 0 aromatic carbocycles. The first-order valence-corrected chi connectivity index (χ1v) is 5.22. The largest absolute Gasteiger partial charge is 0.350 e. The molecule has 2 unspecified atom stereocenters. The van der Waals surface area contributed by atoms with Gasteiger partial charge in [0.1, 0.15) is 0 Å². The van der Waals surface area contributed by atoms with E-state index in [0.717, 1.165) is 12.8 Å². The average molecular weight is 188 g/mol. The lowest BCUT2D eigenvalue weighted by atomic mass is 10.2. The Bertz CT molecular complexity index is 127. The average Bonchev–Trinajstić information content (AvgIpc) is 2.00. The minimum absolute atomic E-state index is 0.0602. The van der Waals surface area contributed by atoms with Crippen LogP contribution in [0, 0.1) is 0 Å². The minimum Gasteiger partial charge on any atom is -0.350 e. The third kappa shape index (κ3) is 7.03. The molecule has 0 aromatic heterocycles. The summed E-state index contributed by atoms with van der Waals surface area (Å²) in [5, 5.41) is 0. The topological polar surface area (TPSA) is 18.5 Å². The van der Waals surface area contributed by atoms with Gasteiger partial charge in [0, 0.05) is 0 Å². The van der Waals surface area contributed by atoms with Crippen LogP contribution >= 0.6 is 0 Å².